The van der Waals surface area contributed by atoms with Crippen molar-refractivity contribution in [2.45, 2.75) is 26.2 Å². The molecule has 2 rings (SSSR count). The van der Waals surface area contributed by atoms with Gasteiger partial charge in [-0.1, -0.05) is 43.6 Å². The number of non-ortho nitro benzene ring substituents is 1. The highest BCUT2D eigenvalue weighted by Crippen LogP contribution is 2.29. The zero-order valence-corrected chi connectivity index (χ0v) is 14.7. The first-order valence-electron chi connectivity index (χ1n) is 7.87. The summed E-state index contributed by atoms with van der Waals surface area (Å²) in [6.45, 7) is 3.95. The summed E-state index contributed by atoms with van der Waals surface area (Å²) in [5.41, 5.74) is 1.06. The second-order valence-corrected chi connectivity index (χ2v) is 6.01. The number of hydrogen-bond donors (Lipinski definition) is 1. The van der Waals surface area contributed by atoms with Crippen molar-refractivity contribution in [3.63, 3.8) is 0 Å². The zero-order chi connectivity index (χ0) is 18.4. The van der Waals surface area contributed by atoms with Gasteiger partial charge in [-0.15, -0.1) is 0 Å². The molecule has 0 heterocycles. The van der Waals surface area contributed by atoms with Gasteiger partial charge in [0.15, 0.2) is 6.61 Å². The lowest BCUT2D eigenvalue weighted by Crippen LogP contribution is -2.21. The molecule has 7 heteroatoms. The fourth-order valence-corrected chi connectivity index (χ4v) is 2.46. The normalized spacial score (nSPS) is 11.6. The molecule has 1 amide bonds. The van der Waals surface area contributed by atoms with Crippen LogP contribution >= 0.6 is 11.6 Å². The predicted molar refractivity (Wildman–Crippen MR) is 97.4 cm³/mol. The molecule has 0 spiro atoms. The Morgan fingerprint density at radius 1 is 1.32 bits per heavy atom. The number of nitro groups is 1. The van der Waals surface area contributed by atoms with E-state index in [0.717, 1.165) is 12.0 Å². The summed E-state index contributed by atoms with van der Waals surface area (Å²) in [4.78, 5) is 22.4. The standard InChI is InChI=1S/C18H19ClN2O4/c1-3-12(2)14-6-4-5-7-17(14)25-11-18(22)20-16-10-13(21(23)24)8-9-15(16)19/h4-10,12H,3,11H2,1-2H3,(H,20,22). The molecule has 2 aromatic rings. The Morgan fingerprint density at radius 3 is 2.72 bits per heavy atom. The average Bonchev–Trinajstić information content (AvgIpc) is 2.61. The largest absolute Gasteiger partial charge is 0.483 e. The third kappa shape index (κ3) is 4.93. The van der Waals surface area contributed by atoms with Crippen molar-refractivity contribution in [1.29, 1.82) is 0 Å². The molecule has 0 saturated carbocycles. The molecule has 0 saturated heterocycles. The molecule has 6 nitrogen and oxygen atoms in total. The topological polar surface area (TPSA) is 81.5 Å². The summed E-state index contributed by atoms with van der Waals surface area (Å²) in [5, 5.41) is 13.6. The highest BCUT2D eigenvalue weighted by molar-refractivity contribution is 6.33. The van der Waals surface area contributed by atoms with Crippen molar-refractivity contribution in [2.75, 3.05) is 11.9 Å². The fraction of sp³-hybridized carbons (Fsp3) is 0.278. The maximum Gasteiger partial charge on any atom is 0.271 e. The number of nitro benzene ring substituents is 1. The number of nitrogens with zero attached hydrogens (tertiary/aromatic N) is 1. The van der Waals surface area contributed by atoms with Gasteiger partial charge in [0.2, 0.25) is 0 Å². The van der Waals surface area contributed by atoms with Gasteiger partial charge in [-0.25, -0.2) is 0 Å². The number of carbonyl (C=O) groups excluding carboxylic acids is 1. The van der Waals surface area contributed by atoms with E-state index in [1.807, 2.05) is 24.3 Å². The number of carbonyl (C=O) groups is 1. The van der Waals surface area contributed by atoms with Gasteiger partial charge in [0.1, 0.15) is 5.75 Å². The lowest BCUT2D eigenvalue weighted by atomic mass is 9.98. The van der Waals surface area contributed by atoms with E-state index in [1.165, 1.54) is 18.2 Å². The fourth-order valence-electron chi connectivity index (χ4n) is 2.29. The molecule has 0 bridgehead atoms. The number of para-hydroxylation sites is 1. The van der Waals surface area contributed by atoms with Crippen LogP contribution in [0.3, 0.4) is 0 Å². The first-order chi connectivity index (χ1) is 11.9. The summed E-state index contributed by atoms with van der Waals surface area (Å²) < 4.78 is 5.62. The Morgan fingerprint density at radius 2 is 2.04 bits per heavy atom. The second-order valence-electron chi connectivity index (χ2n) is 5.61. The molecule has 1 N–H and O–H groups in total. The molecule has 25 heavy (non-hydrogen) atoms. The van der Waals surface area contributed by atoms with Crippen molar-refractivity contribution >= 4 is 28.9 Å². The SMILES string of the molecule is CCC(C)c1ccccc1OCC(=O)Nc1cc([N+](=O)[O-])ccc1Cl. The third-order valence-electron chi connectivity index (χ3n) is 3.86. The van der Waals surface area contributed by atoms with Crippen molar-refractivity contribution in [1.82, 2.24) is 0 Å². The van der Waals surface area contributed by atoms with E-state index >= 15 is 0 Å². The van der Waals surface area contributed by atoms with E-state index in [-0.39, 0.29) is 23.0 Å². The van der Waals surface area contributed by atoms with Gasteiger partial charge in [-0.2, -0.15) is 0 Å². The van der Waals surface area contributed by atoms with Crippen LogP contribution < -0.4 is 10.1 Å². The van der Waals surface area contributed by atoms with E-state index in [0.29, 0.717) is 11.7 Å². The quantitative estimate of drug-likeness (QED) is 0.567. The van der Waals surface area contributed by atoms with E-state index in [9.17, 15) is 14.9 Å². The number of nitrogens with one attached hydrogen (secondary N) is 1. The summed E-state index contributed by atoms with van der Waals surface area (Å²) in [7, 11) is 0. The number of amides is 1. The molecule has 1 unspecified atom stereocenters. The Balaban J connectivity index is 2.05. The first kappa shape index (κ1) is 18.7. The molecule has 0 aromatic heterocycles. The van der Waals surface area contributed by atoms with Gasteiger partial charge < -0.3 is 10.1 Å². The highest BCUT2D eigenvalue weighted by Gasteiger charge is 2.14. The predicted octanol–water partition coefficient (Wildman–Crippen LogP) is 4.78. The maximum atomic E-state index is 12.1. The van der Waals surface area contributed by atoms with E-state index in [2.05, 4.69) is 19.2 Å². The lowest BCUT2D eigenvalue weighted by Gasteiger charge is -2.15. The second kappa shape index (κ2) is 8.48. The minimum absolute atomic E-state index is 0.150. The van der Waals surface area contributed by atoms with Crippen molar-refractivity contribution in [3.8, 4) is 5.75 Å². The minimum Gasteiger partial charge on any atom is -0.483 e. The number of benzene rings is 2. The van der Waals surface area contributed by atoms with Crippen molar-refractivity contribution in [3.05, 3.63) is 63.2 Å². The van der Waals surface area contributed by atoms with Crippen LogP contribution in [0.1, 0.15) is 31.7 Å². The van der Waals surface area contributed by atoms with Crippen LogP contribution in [-0.2, 0) is 4.79 Å². The Hall–Kier alpha value is -2.60. The Labute approximate surface area is 150 Å². The van der Waals surface area contributed by atoms with E-state index in [1.54, 1.807) is 0 Å². The summed E-state index contributed by atoms with van der Waals surface area (Å²) in [5.74, 6) is 0.518. The van der Waals surface area contributed by atoms with E-state index < -0.39 is 10.8 Å². The van der Waals surface area contributed by atoms with Crippen LogP contribution in [0.5, 0.6) is 5.75 Å². The van der Waals surface area contributed by atoms with Crippen LogP contribution in [0.25, 0.3) is 0 Å². The van der Waals surface area contributed by atoms with Crippen LogP contribution in [0.4, 0.5) is 11.4 Å². The molecular weight excluding hydrogens is 344 g/mol. The lowest BCUT2D eigenvalue weighted by molar-refractivity contribution is -0.384. The molecule has 132 valence electrons. The number of hydrogen-bond acceptors (Lipinski definition) is 4. The molecule has 0 aliphatic heterocycles. The molecule has 0 aliphatic carbocycles. The molecule has 2 aromatic carbocycles. The maximum absolute atomic E-state index is 12.1. The Kier molecular flexibility index (Phi) is 6.36. The van der Waals surface area contributed by atoms with Crippen LogP contribution in [0.2, 0.25) is 5.02 Å². The first-order valence-corrected chi connectivity index (χ1v) is 8.25. The van der Waals surface area contributed by atoms with Crippen LogP contribution in [0, 0.1) is 10.1 Å². The van der Waals surface area contributed by atoms with Gasteiger partial charge in [-0.05, 0) is 30.0 Å². The van der Waals surface area contributed by atoms with Crippen molar-refractivity contribution < 1.29 is 14.5 Å². The van der Waals surface area contributed by atoms with E-state index in [4.69, 9.17) is 16.3 Å². The monoisotopic (exact) mass is 362 g/mol. The summed E-state index contributed by atoms with van der Waals surface area (Å²) >= 11 is 5.97. The van der Waals surface area contributed by atoms with Crippen LogP contribution in [0.15, 0.2) is 42.5 Å². The molecule has 0 aliphatic rings. The molecule has 0 radical (unpaired) electrons. The van der Waals surface area contributed by atoms with Gasteiger partial charge in [0, 0.05) is 12.1 Å². The number of ether oxygens (including phenoxy) is 1. The van der Waals surface area contributed by atoms with Crippen LogP contribution in [-0.4, -0.2) is 17.4 Å². The molecular formula is C18H19ClN2O4. The number of anilines is 1. The molecule has 0 fully saturated rings. The minimum atomic E-state index is -0.551. The number of halogens is 1. The van der Waals surface area contributed by atoms with Gasteiger partial charge in [0.25, 0.3) is 11.6 Å². The van der Waals surface area contributed by atoms with Gasteiger partial charge in [0.05, 0.1) is 15.6 Å². The van der Waals surface area contributed by atoms with Gasteiger partial charge in [-0.3, -0.25) is 14.9 Å². The number of rotatable bonds is 7. The Bertz CT molecular complexity index is 779. The highest BCUT2D eigenvalue weighted by atomic mass is 35.5. The summed E-state index contributed by atoms with van der Waals surface area (Å²) in [6.07, 6.45) is 0.954. The summed E-state index contributed by atoms with van der Waals surface area (Å²) in [6, 6.07) is 11.4. The third-order valence-corrected chi connectivity index (χ3v) is 4.19. The van der Waals surface area contributed by atoms with Gasteiger partial charge >= 0.3 is 0 Å². The average molecular weight is 363 g/mol. The zero-order valence-electron chi connectivity index (χ0n) is 14.0. The molecule has 1 atom stereocenters. The van der Waals surface area contributed by atoms with Crippen molar-refractivity contribution in [2.24, 2.45) is 0 Å². The smallest absolute Gasteiger partial charge is 0.271 e.